The van der Waals surface area contributed by atoms with Crippen molar-refractivity contribution in [1.29, 1.82) is 0 Å². The maximum absolute atomic E-state index is 9.54. The summed E-state index contributed by atoms with van der Waals surface area (Å²) < 4.78 is 11.9. The molecule has 1 saturated heterocycles. The van der Waals surface area contributed by atoms with E-state index in [9.17, 15) is 5.11 Å². The minimum Gasteiger partial charge on any atom is -0.394 e. The van der Waals surface area contributed by atoms with Crippen LogP contribution in [0.25, 0.3) is 0 Å². The fourth-order valence-corrected chi connectivity index (χ4v) is 3.06. The molecule has 5 heteroatoms. The fourth-order valence-electron chi connectivity index (χ4n) is 2.76. The van der Waals surface area contributed by atoms with E-state index in [4.69, 9.17) is 32.7 Å². The van der Waals surface area contributed by atoms with Crippen molar-refractivity contribution in [3.63, 3.8) is 0 Å². The van der Waals surface area contributed by atoms with Crippen LogP contribution in [0.3, 0.4) is 0 Å². The molecule has 0 saturated carbocycles. The summed E-state index contributed by atoms with van der Waals surface area (Å²) in [6.07, 6.45) is 0.0382. The van der Waals surface area contributed by atoms with Gasteiger partial charge in [-0.2, -0.15) is 0 Å². The molecule has 3 rings (SSSR count). The lowest BCUT2D eigenvalue weighted by molar-refractivity contribution is -0.0524. The van der Waals surface area contributed by atoms with E-state index in [0.717, 1.165) is 11.1 Å². The Labute approximate surface area is 145 Å². The van der Waals surface area contributed by atoms with E-state index >= 15 is 0 Å². The molecule has 0 aliphatic carbocycles. The summed E-state index contributed by atoms with van der Waals surface area (Å²) in [5.41, 5.74) is 2.05. The van der Waals surface area contributed by atoms with E-state index < -0.39 is 0 Å². The van der Waals surface area contributed by atoms with Crippen molar-refractivity contribution in [3.05, 3.63) is 69.7 Å². The summed E-state index contributed by atoms with van der Waals surface area (Å²) in [6, 6.07) is 15.4. The molecule has 1 fully saturated rings. The summed E-state index contributed by atoms with van der Waals surface area (Å²) in [7, 11) is 0. The highest BCUT2D eigenvalue weighted by Gasteiger charge is 2.36. The first-order chi connectivity index (χ1) is 11.2. The molecule has 122 valence electrons. The zero-order valence-electron chi connectivity index (χ0n) is 12.5. The van der Waals surface area contributed by atoms with Crippen molar-refractivity contribution >= 4 is 23.2 Å². The van der Waals surface area contributed by atoms with Crippen molar-refractivity contribution in [3.8, 4) is 0 Å². The van der Waals surface area contributed by atoms with Gasteiger partial charge in [0.05, 0.1) is 35.5 Å². The van der Waals surface area contributed by atoms with Crippen molar-refractivity contribution in [1.82, 2.24) is 0 Å². The summed E-state index contributed by atoms with van der Waals surface area (Å²) in [5, 5.41) is 10.6. The number of halogens is 2. The second-order valence-corrected chi connectivity index (χ2v) is 6.40. The first kappa shape index (κ1) is 16.7. The lowest BCUT2D eigenvalue weighted by Crippen LogP contribution is -2.27. The van der Waals surface area contributed by atoms with Gasteiger partial charge in [0.1, 0.15) is 6.10 Å². The molecule has 1 N–H and O–H groups in total. The van der Waals surface area contributed by atoms with Crippen molar-refractivity contribution in [2.75, 3.05) is 6.61 Å². The van der Waals surface area contributed by atoms with E-state index in [0.29, 0.717) is 23.1 Å². The summed E-state index contributed by atoms with van der Waals surface area (Å²) >= 11 is 12.0. The van der Waals surface area contributed by atoms with Crippen LogP contribution in [0, 0.1) is 0 Å². The van der Waals surface area contributed by atoms with Gasteiger partial charge in [0, 0.05) is 6.42 Å². The van der Waals surface area contributed by atoms with Crippen LogP contribution in [0.4, 0.5) is 0 Å². The molecule has 0 radical (unpaired) electrons. The Morgan fingerprint density at radius 1 is 1.09 bits per heavy atom. The lowest BCUT2D eigenvalue weighted by atomic mass is 10.0. The van der Waals surface area contributed by atoms with E-state index in [-0.39, 0.29) is 24.9 Å². The van der Waals surface area contributed by atoms with Crippen LogP contribution in [0.15, 0.2) is 48.5 Å². The molecule has 2 aromatic rings. The molecule has 1 aliphatic heterocycles. The molecule has 0 amide bonds. The quantitative estimate of drug-likeness (QED) is 0.866. The van der Waals surface area contributed by atoms with Gasteiger partial charge in [-0.05, 0) is 23.3 Å². The van der Waals surface area contributed by atoms with Crippen LogP contribution in [0.5, 0.6) is 0 Å². The summed E-state index contributed by atoms with van der Waals surface area (Å²) in [6.45, 7) is 0.427. The predicted molar refractivity (Wildman–Crippen MR) is 90.8 cm³/mol. The predicted octanol–water partition coefficient (Wildman–Crippen LogP) is 4.40. The van der Waals surface area contributed by atoms with Crippen molar-refractivity contribution < 1.29 is 14.6 Å². The first-order valence-electron chi connectivity index (χ1n) is 7.54. The third kappa shape index (κ3) is 4.06. The van der Waals surface area contributed by atoms with Crippen LogP contribution < -0.4 is 0 Å². The number of benzene rings is 2. The number of rotatable bonds is 5. The zero-order valence-corrected chi connectivity index (χ0v) is 14.0. The molecule has 0 unspecified atom stereocenters. The highest BCUT2D eigenvalue weighted by molar-refractivity contribution is 6.42. The average molecular weight is 353 g/mol. The Morgan fingerprint density at radius 2 is 1.87 bits per heavy atom. The number of aliphatic hydroxyl groups is 1. The Bertz CT molecular complexity index is 648. The molecule has 1 aliphatic rings. The largest absolute Gasteiger partial charge is 0.394 e. The molecule has 23 heavy (non-hydrogen) atoms. The highest BCUT2D eigenvalue weighted by atomic mass is 35.5. The summed E-state index contributed by atoms with van der Waals surface area (Å²) in [5.74, 6) is 0. The zero-order chi connectivity index (χ0) is 16.2. The molecule has 2 aromatic carbocycles. The maximum Gasteiger partial charge on any atom is 0.108 e. The minimum atomic E-state index is -0.335. The lowest BCUT2D eigenvalue weighted by Gasteiger charge is -2.16. The van der Waals surface area contributed by atoms with Crippen LogP contribution in [-0.2, 0) is 16.1 Å². The highest BCUT2D eigenvalue weighted by Crippen LogP contribution is 2.37. The standard InChI is InChI=1S/C18H18Cl2O3/c19-14-7-6-13(8-15(14)20)16-9-17(18(10-21)23-16)22-11-12-4-2-1-3-5-12/h1-8,16-18,21H,9-11H2/t16-,17+,18-/m1/s1. The van der Waals surface area contributed by atoms with Gasteiger partial charge in [0.15, 0.2) is 0 Å². The van der Waals surface area contributed by atoms with Crippen LogP contribution in [0.1, 0.15) is 23.7 Å². The number of aliphatic hydroxyl groups excluding tert-OH is 1. The van der Waals surface area contributed by atoms with Gasteiger partial charge in [-0.25, -0.2) is 0 Å². The van der Waals surface area contributed by atoms with Gasteiger partial charge in [-0.1, -0.05) is 59.6 Å². The average Bonchev–Trinajstić information content (AvgIpc) is 3.00. The Kier molecular flexibility index (Phi) is 5.57. The maximum atomic E-state index is 9.54. The second kappa shape index (κ2) is 7.65. The second-order valence-electron chi connectivity index (χ2n) is 5.59. The van der Waals surface area contributed by atoms with E-state index in [1.165, 1.54) is 0 Å². The third-order valence-corrected chi connectivity index (χ3v) is 4.74. The SMILES string of the molecule is OC[C@H]1O[C@@H](c2ccc(Cl)c(Cl)c2)C[C@@H]1OCc1ccccc1. The normalized spacial score (nSPS) is 24.0. The van der Waals surface area contributed by atoms with E-state index in [1.807, 2.05) is 42.5 Å². The molecule has 3 nitrogen and oxygen atoms in total. The van der Waals surface area contributed by atoms with Gasteiger partial charge in [0.2, 0.25) is 0 Å². The van der Waals surface area contributed by atoms with Crippen LogP contribution >= 0.6 is 23.2 Å². The topological polar surface area (TPSA) is 38.7 Å². The van der Waals surface area contributed by atoms with Crippen LogP contribution in [-0.4, -0.2) is 23.9 Å². The summed E-state index contributed by atoms with van der Waals surface area (Å²) in [4.78, 5) is 0. The molecule has 0 aromatic heterocycles. The van der Waals surface area contributed by atoms with Gasteiger partial charge < -0.3 is 14.6 Å². The van der Waals surface area contributed by atoms with E-state index in [2.05, 4.69) is 0 Å². The first-order valence-corrected chi connectivity index (χ1v) is 8.29. The monoisotopic (exact) mass is 352 g/mol. The molecule has 1 heterocycles. The molecular weight excluding hydrogens is 335 g/mol. The number of hydrogen-bond acceptors (Lipinski definition) is 3. The fraction of sp³-hybridized carbons (Fsp3) is 0.333. The molecule has 0 bridgehead atoms. The Hall–Kier alpha value is -1.10. The molecule has 3 atom stereocenters. The Balaban J connectivity index is 1.66. The number of ether oxygens (including phenoxy) is 2. The third-order valence-electron chi connectivity index (χ3n) is 4.00. The van der Waals surface area contributed by atoms with Crippen molar-refractivity contribution in [2.45, 2.75) is 31.3 Å². The van der Waals surface area contributed by atoms with Crippen molar-refractivity contribution in [2.24, 2.45) is 0 Å². The van der Waals surface area contributed by atoms with Gasteiger partial charge in [0.25, 0.3) is 0 Å². The minimum absolute atomic E-state index is 0.0721. The Morgan fingerprint density at radius 3 is 2.57 bits per heavy atom. The van der Waals surface area contributed by atoms with Crippen LogP contribution in [0.2, 0.25) is 10.0 Å². The smallest absolute Gasteiger partial charge is 0.108 e. The molecular formula is C18H18Cl2O3. The molecule has 0 spiro atoms. The van der Waals surface area contributed by atoms with Gasteiger partial charge >= 0.3 is 0 Å². The van der Waals surface area contributed by atoms with Gasteiger partial charge in [-0.15, -0.1) is 0 Å². The van der Waals surface area contributed by atoms with Gasteiger partial charge in [-0.3, -0.25) is 0 Å². The number of hydrogen-bond donors (Lipinski definition) is 1. The van der Waals surface area contributed by atoms with E-state index in [1.54, 1.807) is 6.07 Å².